The number of pyridine rings is 1. The predicted octanol–water partition coefficient (Wildman–Crippen LogP) is 3.24. The van der Waals surface area contributed by atoms with Gasteiger partial charge in [0.25, 0.3) is 0 Å². The molecule has 5 nitrogen and oxygen atoms in total. The molecule has 0 saturated carbocycles. The van der Waals surface area contributed by atoms with Crippen LogP contribution in [0, 0.1) is 18.3 Å². The van der Waals surface area contributed by atoms with Gasteiger partial charge in [0.05, 0.1) is 26.9 Å². The summed E-state index contributed by atoms with van der Waals surface area (Å²) in [6.07, 6.45) is 0. The normalized spacial score (nSPS) is 12.3. The molecule has 2 aromatic heterocycles. The van der Waals surface area contributed by atoms with Gasteiger partial charge in [-0.3, -0.25) is 9.20 Å². The quantitative estimate of drug-likeness (QED) is 0.688. The largest absolute Gasteiger partial charge is 0.348 e. The van der Waals surface area contributed by atoms with Crippen LogP contribution >= 0.6 is 11.8 Å². The van der Waals surface area contributed by atoms with Crippen molar-refractivity contribution in [3.05, 3.63) is 41.5 Å². The lowest BCUT2D eigenvalue weighted by Crippen LogP contribution is -2.29. The lowest BCUT2D eigenvalue weighted by atomic mass is 10.2. The van der Waals surface area contributed by atoms with Crippen LogP contribution in [0.2, 0.25) is 0 Å². The molecule has 6 heteroatoms. The number of fused-ring (bicyclic) bond motifs is 3. The van der Waals surface area contributed by atoms with Crippen molar-refractivity contribution in [2.24, 2.45) is 0 Å². The number of benzene rings is 1. The minimum absolute atomic E-state index is 0.0552. The molecule has 0 N–H and O–H groups in total. The molecule has 0 fully saturated rings. The van der Waals surface area contributed by atoms with Crippen molar-refractivity contribution in [1.82, 2.24) is 14.3 Å². The molecule has 0 saturated heterocycles. The molecule has 0 bridgehead atoms. The van der Waals surface area contributed by atoms with Crippen molar-refractivity contribution in [1.29, 1.82) is 5.26 Å². The molecule has 24 heavy (non-hydrogen) atoms. The number of nitriles is 1. The van der Waals surface area contributed by atoms with E-state index in [1.165, 1.54) is 11.8 Å². The first-order valence-electron chi connectivity index (χ1n) is 7.62. The van der Waals surface area contributed by atoms with Gasteiger partial charge in [-0.05, 0) is 37.6 Å². The minimum atomic E-state index is -0.225. The van der Waals surface area contributed by atoms with Crippen molar-refractivity contribution in [2.45, 2.75) is 24.1 Å². The number of hydrogen-bond donors (Lipinski definition) is 0. The van der Waals surface area contributed by atoms with E-state index in [2.05, 4.69) is 11.1 Å². The number of nitrogens with zero attached hydrogens (tertiary/aromatic N) is 4. The average molecular weight is 338 g/mol. The Labute approximate surface area is 144 Å². The highest BCUT2D eigenvalue weighted by Crippen LogP contribution is 2.31. The molecular weight excluding hydrogens is 320 g/mol. The highest BCUT2D eigenvalue weighted by atomic mass is 32.2. The zero-order valence-corrected chi connectivity index (χ0v) is 14.9. The summed E-state index contributed by atoms with van der Waals surface area (Å²) in [7, 11) is 3.51. The van der Waals surface area contributed by atoms with Gasteiger partial charge in [0.2, 0.25) is 5.91 Å². The fourth-order valence-electron chi connectivity index (χ4n) is 2.74. The van der Waals surface area contributed by atoms with Gasteiger partial charge in [-0.2, -0.15) is 5.26 Å². The molecule has 0 spiro atoms. The maximum atomic E-state index is 12.2. The second-order valence-electron chi connectivity index (χ2n) is 5.90. The van der Waals surface area contributed by atoms with Gasteiger partial charge in [0.15, 0.2) is 5.65 Å². The van der Waals surface area contributed by atoms with Gasteiger partial charge in [-0.1, -0.05) is 23.9 Å². The molecule has 2 heterocycles. The third-order valence-electron chi connectivity index (χ3n) is 3.94. The molecule has 3 aromatic rings. The molecule has 0 aliphatic carbocycles. The van der Waals surface area contributed by atoms with Gasteiger partial charge in [0.1, 0.15) is 6.07 Å². The Morgan fingerprint density at radius 2 is 2.08 bits per heavy atom. The van der Waals surface area contributed by atoms with Crippen molar-refractivity contribution in [3.63, 3.8) is 0 Å². The maximum absolute atomic E-state index is 12.2. The summed E-state index contributed by atoms with van der Waals surface area (Å²) in [5.41, 5.74) is 3.86. The summed E-state index contributed by atoms with van der Waals surface area (Å²) >= 11 is 1.48. The van der Waals surface area contributed by atoms with E-state index in [4.69, 9.17) is 0 Å². The Balaban J connectivity index is 2.24. The lowest BCUT2D eigenvalue weighted by Gasteiger charge is -2.17. The van der Waals surface area contributed by atoms with Crippen molar-refractivity contribution in [3.8, 4) is 6.07 Å². The molecule has 0 radical (unpaired) electrons. The molecule has 0 aliphatic heterocycles. The monoisotopic (exact) mass is 338 g/mol. The molecular formula is C18H18N4OS. The average Bonchev–Trinajstić information content (AvgIpc) is 2.93. The number of carbonyl (C=O) groups excluding carboxylic acids is 1. The fraction of sp³-hybridized carbons (Fsp3) is 0.278. The molecule has 3 rings (SSSR count). The number of thioether (sulfide) groups is 1. The Morgan fingerprint density at radius 3 is 2.75 bits per heavy atom. The number of hydrogen-bond acceptors (Lipinski definition) is 4. The fourth-order valence-corrected chi connectivity index (χ4v) is 3.94. The molecule has 1 aromatic carbocycles. The van der Waals surface area contributed by atoms with Crippen LogP contribution in [0.5, 0.6) is 0 Å². The molecule has 122 valence electrons. The van der Waals surface area contributed by atoms with Crippen LogP contribution in [0.3, 0.4) is 0 Å². The van der Waals surface area contributed by atoms with E-state index >= 15 is 0 Å². The Hall–Kier alpha value is -2.52. The second-order valence-corrected chi connectivity index (χ2v) is 7.27. The number of aryl methyl sites for hydroxylation is 1. The highest BCUT2D eigenvalue weighted by molar-refractivity contribution is 8.00. The summed E-state index contributed by atoms with van der Waals surface area (Å²) in [4.78, 5) is 18.4. The van der Waals surface area contributed by atoms with Gasteiger partial charge in [-0.25, -0.2) is 4.98 Å². The summed E-state index contributed by atoms with van der Waals surface area (Å²) in [5, 5.41) is 10.2. The molecule has 0 unspecified atom stereocenters. The number of para-hydroxylation sites is 2. The van der Waals surface area contributed by atoms with E-state index in [1.807, 2.05) is 48.6 Å². The van der Waals surface area contributed by atoms with E-state index in [9.17, 15) is 10.1 Å². The molecule has 1 amide bonds. The second kappa shape index (κ2) is 6.17. The topological polar surface area (TPSA) is 61.4 Å². The van der Waals surface area contributed by atoms with Crippen LogP contribution in [0.4, 0.5) is 0 Å². The summed E-state index contributed by atoms with van der Waals surface area (Å²) in [5.74, 6) is 0.0552. The minimum Gasteiger partial charge on any atom is -0.348 e. The van der Waals surface area contributed by atoms with Crippen LogP contribution < -0.4 is 0 Å². The Kier molecular flexibility index (Phi) is 4.20. The number of amides is 1. The number of carbonyl (C=O) groups is 1. The van der Waals surface area contributed by atoms with E-state index in [1.54, 1.807) is 19.0 Å². The van der Waals surface area contributed by atoms with Gasteiger partial charge in [0, 0.05) is 14.1 Å². The Bertz CT molecular complexity index is 984. The highest BCUT2D eigenvalue weighted by Gasteiger charge is 2.21. The van der Waals surface area contributed by atoms with Gasteiger partial charge < -0.3 is 4.90 Å². The molecule has 0 aliphatic rings. The third-order valence-corrected chi connectivity index (χ3v) is 5.03. The summed E-state index contributed by atoms with van der Waals surface area (Å²) in [6, 6.07) is 12.0. The lowest BCUT2D eigenvalue weighted by molar-refractivity contribution is -0.127. The van der Waals surface area contributed by atoms with Crippen LogP contribution in [0.15, 0.2) is 35.4 Å². The number of imidazole rings is 1. The zero-order valence-electron chi connectivity index (χ0n) is 14.1. The van der Waals surface area contributed by atoms with Crippen molar-refractivity contribution >= 4 is 34.3 Å². The SMILES string of the molecule is Cc1cc(S[C@H](C)C(=O)N(C)C)n2c(nc3ccccc32)c1C#N. The third kappa shape index (κ3) is 2.61. The van der Waals surface area contributed by atoms with Crippen LogP contribution in [-0.2, 0) is 4.79 Å². The zero-order chi connectivity index (χ0) is 17.4. The van der Waals surface area contributed by atoms with Crippen molar-refractivity contribution in [2.75, 3.05) is 14.1 Å². The van der Waals surface area contributed by atoms with Crippen LogP contribution in [0.25, 0.3) is 16.7 Å². The first-order chi connectivity index (χ1) is 11.4. The summed E-state index contributed by atoms with van der Waals surface area (Å²) < 4.78 is 1.98. The van der Waals surface area contributed by atoms with Crippen LogP contribution in [-0.4, -0.2) is 39.5 Å². The van der Waals surface area contributed by atoms with E-state index < -0.39 is 0 Å². The first-order valence-corrected chi connectivity index (χ1v) is 8.50. The first kappa shape index (κ1) is 16.3. The molecule has 1 atom stereocenters. The van der Waals surface area contributed by atoms with Crippen molar-refractivity contribution < 1.29 is 4.79 Å². The Morgan fingerprint density at radius 1 is 1.38 bits per heavy atom. The maximum Gasteiger partial charge on any atom is 0.235 e. The van der Waals surface area contributed by atoms with Gasteiger partial charge >= 0.3 is 0 Å². The van der Waals surface area contributed by atoms with E-state index in [-0.39, 0.29) is 11.2 Å². The van der Waals surface area contributed by atoms with Crippen LogP contribution in [0.1, 0.15) is 18.1 Å². The van der Waals surface area contributed by atoms with Gasteiger partial charge in [-0.15, -0.1) is 0 Å². The summed E-state index contributed by atoms with van der Waals surface area (Å²) in [6.45, 7) is 3.80. The smallest absolute Gasteiger partial charge is 0.235 e. The predicted molar refractivity (Wildman–Crippen MR) is 96.2 cm³/mol. The number of aromatic nitrogens is 2. The number of rotatable bonds is 3. The van der Waals surface area contributed by atoms with E-state index in [0.29, 0.717) is 11.2 Å². The van der Waals surface area contributed by atoms with E-state index in [0.717, 1.165) is 21.6 Å². The standard InChI is InChI=1S/C18H18N4OS/c1-11-9-16(24-12(2)18(23)21(3)4)22-15-8-6-5-7-14(15)20-17(22)13(11)10-19/h5-9,12H,1-4H3/t12-/m1/s1.